The van der Waals surface area contributed by atoms with Crippen LogP contribution in [0, 0.1) is 19.7 Å². The predicted octanol–water partition coefficient (Wildman–Crippen LogP) is 6.25. The highest BCUT2D eigenvalue weighted by Gasteiger charge is 2.22. The van der Waals surface area contributed by atoms with E-state index < -0.39 is 24.2 Å². The maximum absolute atomic E-state index is 13.2. The monoisotopic (exact) mass is 572 g/mol. The molecule has 0 atom stereocenters. The number of nitrogens with zero attached hydrogens (tertiary/aromatic N) is 1. The van der Waals surface area contributed by atoms with Gasteiger partial charge >= 0.3 is 5.97 Å². The fraction of sp³-hybridized carbons (Fsp3) is 0.294. The average Bonchev–Trinajstić information content (AvgIpc) is 2.97. The van der Waals surface area contributed by atoms with Crippen molar-refractivity contribution in [1.29, 1.82) is 0 Å². The molecule has 1 aliphatic rings. The summed E-state index contributed by atoms with van der Waals surface area (Å²) in [6, 6.07) is 23.3. The fourth-order valence-corrected chi connectivity index (χ4v) is 5.18. The van der Waals surface area contributed by atoms with Gasteiger partial charge in [-0.05, 0) is 79.4 Å². The average molecular weight is 573 g/mol. The Hall–Kier alpha value is -4.43. The Morgan fingerprint density at radius 2 is 1.52 bits per heavy atom. The van der Waals surface area contributed by atoms with Gasteiger partial charge in [0.05, 0.1) is 18.2 Å². The summed E-state index contributed by atoms with van der Waals surface area (Å²) in [5.74, 6) is -0.768. The maximum Gasteiger partial charge on any atom is 0.322 e. The summed E-state index contributed by atoms with van der Waals surface area (Å²) in [6.07, 6.45) is 2.37. The number of piperidine rings is 1. The van der Waals surface area contributed by atoms with Gasteiger partial charge in [-0.2, -0.15) is 0 Å². The van der Waals surface area contributed by atoms with Crippen molar-refractivity contribution in [2.75, 3.05) is 33.8 Å². The van der Waals surface area contributed by atoms with Crippen molar-refractivity contribution in [3.63, 3.8) is 0 Å². The molecule has 0 aliphatic carbocycles. The van der Waals surface area contributed by atoms with Gasteiger partial charge in [0, 0.05) is 13.1 Å². The number of hydrogen-bond donors (Lipinski definition) is 2. The van der Waals surface area contributed by atoms with E-state index in [1.807, 2.05) is 12.1 Å². The Balaban J connectivity index is 0.000000230. The number of benzene rings is 4. The number of carboxylic acid groups (broad SMARTS) is 1. The molecule has 0 bridgehead atoms. The summed E-state index contributed by atoms with van der Waals surface area (Å²) in [4.78, 5) is 23.9. The van der Waals surface area contributed by atoms with Gasteiger partial charge in [-0.1, -0.05) is 54.6 Å². The Bertz CT molecular complexity index is 1540. The van der Waals surface area contributed by atoms with E-state index in [1.165, 1.54) is 22.4 Å². The summed E-state index contributed by atoms with van der Waals surface area (Å²) in [5, 5.41) is 12.9. The lowest BCUT2D eigenvalue weighted by Crippen LogP contribution is -2.35. The molecule has 7 nitrogen and oxygen atoms in total. The number of amides is 1. The number of ether oxygens (including phenoxy) is 2. The molecule has 0 saturated carbocycles. The molecule has 4 aromatic rings. The number of rotatable bonds is 7. The van der Waals surface area contributed by atoms with Crippen LogP contribution in [0.1, 0.15) is 34.3 Å². The Morgan fingerprint density at radius 1 is 0.905 bits per heavy atom. The molecule has 1 saturated heterocycles. The van der Waals surface area contributed by atoms with Gasteiger partial charge in [0.25, 0.3) is 5.91 Å². The largest absolute Gasteiger partial charge is 0.496 e. The lowest BCUT2D eigenvalue weighted by atomic mass is 9.94. The smallest absolute Gasteiger partial charge is 0.322 e. The van der Waals surface area contributed by atoms with Gasteiger partial charge in [0.1, 0.15) is 30.0 Å². The third kappa shape index (κ3) is 7.25. The molecule has 0 spiro atoms. The van der Waals surface area contributed by atoms with E-state index >= 15 is 0 Å². The highest BCUT2D eigenvalue weighted by Crippen LogP contribution is 2.42. The highest BCUT2D eigenvalue weighted by atomic mass is 19.1. The minimum Gasteiger partial charge on any atom is -0.496 e. The highest BCUT2D eigenvalue weighted by molar-refractivity contribution is 6.01. The summed E-state index contributed by atoms with van der Waals surface area (Å²) >= 11 is 0. The number of carbonyl (C=O) groups excluding carboxylic acids is 1. The summed E-state index contributed by atoms with van der Waals surface area (Å²) < 4.78 is 25.5. The van der Waals surface area contributed by atoms with E-state index in [-0.39, 0.29) is 11.7 Å². The molecule has 0 aromatic heterocycles. The summed E-state index contributed by atoms with van der Waals surface area (Å²) in [5.41, 5.74) is 3.85. The first kappa shape index (κ1) is 30.5. The first-order valence-electron chi connectivity index (χ1n) is 14.0. The second-order valence-electron chi connectivity index (χ2n) is 10.4. The first-order chi connectivity index (χ1) is 20.2. The van der Waals surface area contributed by atoms with Crippen molar-refractivity contribution in [2.45, 2.75) is 32.8 Å². The van der Waals surface area contributed by atoms with E-state index in [9.17, 15) is 14.0 Å². The molecular formula is C34H37FN2O5. The Labute approximate surface area is 245 Å². The zero-order chi connectivity index (χ0) is 30.2. The topological polar surface area (TPSA) is 88.1 Å². The van der Waals surface area contributed by atoms with Gasteiger partial charge in [-0.3, -0.25) is 9.59 Å². The van der Waals surface area contributed by atoms with Crippen LogP contribution >= 0.6 is 0 Å². The zero-order valence-corrected chi connectivity index (χ0v) is 24.4. The SMILES string of the molecule is COc1cccc(OC2CCN(C)CC2)c1-c1cccc2c(C)cccc12.Cc1cccc(F)c1C(=O)NCC(=O)O. The lowest BCUT2D eigenvalue weighted by Gasteiger charge is -2.30. The lowest BCUT2D eigenvalue weighted by molar-refractivity contribution is -0.135. The first-order valence-corrected chi connectivity index (χ1v) is 14.0. The Morgan fingerprint density at radius 3 is 2.21 bits per heavy atom. The molecule has 1 fully saturated rings. The number of aliphatic carboxylic acids is 1. The number of aryl methyl sites for hydroxylation is 2. The zero-order valence-electron chi connectivity index (χ0n) is 24.4. The standard InChI is InChI=1S/C24H27NO2.C10H10FNO3/c1-17-7-4-9-20-19(17)8-5-10-21(20)24-22(26-3)11-6-12-23(24)27-18-13-15-25(2)16-14-18;1-6-3-2-4-7(11)9(6)10(15)12-5-8(13)14/h4-12,18H,13-16H2,1-3H3;2-4H,5H2,1H3,(H,12,15)(H,13,14). The van der Waals surface area contributed by atoms with Crippen LogP contribution < -0.4 is 14.8 Å². The van der Waals surface area contributed by atoms with E-state index in [2.05, 4.69) is 66.7 Å². The number of nitrogens with one attached hydrogen (secondary N) is 1. The molecule has 0 unspecified atom stereocenters. The normalized spacial score (nSPS) is 13.6. The van der Waals surface area contributed by atoms with E-state index in [4.69, 9.17) is 14.6 Å². The number of hydrogen-bond acceptors (Lipinski definition) is 5. The van der Waals surface area contributed by atoms with Crippen LogP contribution in [0.5, 0.6) is 11.5 Å². The molecule has 0 radical (unpaired) electrons. The van der Waals surface area contributed by atoms with Crippen LogP contribution in [0.2, 0.25) is 0 Å². The van der Waals surface area contributed by atoms with Crippen molar-refractivity contribution < 1.29 is 28.6 Å². The van der Waals surface area contributed by atoms with E-state index in [0.717, 1.165) is 54.6 Å². The quantitative estimate of drug-likeness (QED) is 0.272. The van der Waals surface area contributed by atoms with Gasteiger partial charge in [-0.25, -0.2) is 4.39 Å². The van der Waals surface area contributed by atoms with Gasteiger partial charge < -0.3 is 24.8 Å². The van der Waals surface area contributed by atoms with E-state index in [1.54, 1.807) is 20.1 Å². The third-order valence-corrected chi connectivity index (χ3v) is 7.43. The van der Waals surface area contributed by atoms with Crippen molar-refractivity contribution >= 4 is 22.6 Å². The van der Waals surface area contributed by atoms with Crippen molar-refractivity contribution in [3.8, 4) is 22.6 Å². The number of carboxylic acids is 1. The third-order valence-electron chi connectivity index (χ3n) is 7.43. The Kier molecular flexibility index (Phi) is 10.1. The van der Waals surface area contributed by atoms with Gasteiger partial charge in [-0.15, -0.1) is 0 Å². The second-order valence-corrected chi connectivity index (χ2v) is 10.4. The molecule has 8 heteroatoms. The molecule has 1 aliphatic heterocycles. The minimum absolute atomic E-state index is 0.112. The number of halogens is 1. The van der Waals surface area contributed by atoms with Crippen LogP contribution in [0.4, 0.5) is 4.39 Å². The van der Waals surface area contributed by atoms with Crippen LogP contribution in [-0.4, -0.2) is 61.8 Å². The van der Waals surface area contributed by atoms with Gasteiger partial charge in [0.15, 0.2) is 0 Å². The van der Waals surface area contributed by atoms with Crippen LogP contribution in [0.15, 0.2) is 72.8 Å². The maximum atomic E-state index is 13.2. The van der Waals surface area contributed by atoms with Crippen molar-refractivity contribution in [2.24, 2.45) is 0 Å². The number of fused-ring (bicyclic) bond motifs is 1. The second kappa shape index (κ2) is 14.0. The van der Waals surface area contributed by atoms with Crippen LogP contribution in [0.25, 0.3) is 21.9 Å². The molecular weight excluding hydrogens is 535 g/mol. The minimum atomic E-state index is -1.17. The molecule has 1 amide bonds. The molecule has 2 N–H and O–H groups in total. The number of methoxy groups -OCH3 is 1. The van der Waals surface area contributed by atoms with Crippen molar-refractivity contribution in [3.05, 3.63) is 95.3 Å². The number of carbonyl (C=O) groups is 2. The number of likely N-dealkylation sites (tertiary alicyclic amines) is 1. The fourth-order valence-electron chi connectivity index (χ4n) is 5.18. The van der Waals surface area contributed by atoms with E-state index in [0.29, 0.717) is 5.56 Å². The van der Waals surface area contributed by atoms with Crippen LogP contribution in [-0.2, 0) is 4.79 Å². The summed E-state index contributed by atoms with van der Waals surface area (Å²) in [7, 11) is 3.90. The van der Waals surface area contributed by atoms with Gasteiger partial charge in [0.2, 0.25) is 0 Å². The molecule has 220 valence electrons. The molecule has 4 aromatic carbocycles. The molecule has 5 rings (SSSR count). The molecule has 42 heavy (non-hydrogen) atoms. The molecule has 1 heterocycles. The summed E-state index contributed by atoms with van der Waals surface area (Å²) in [6.45, 7) is 5.38. The van der Waals surface area contributed by atoms with Crippen LogP contribution in [0.3, 0.4) is 0 Å². The predicted molar refractivity (Wildman–Crippen MR) is 163 cm³/mol. The van der Waals surface area contributed by atoms with Crippen molar-refractivity contribution in [1.82, 2.24) is 10.2 Å².